The smallest absolute Gasteiger partial charge is 0.323 e. The van der Waals surface area contributed by atoms with Gasteiger partial charge < -0.3 is 20.1 Å². The molecule has 0 radical (unpaired) electrons. The molecule has 2 rings (SSSR count). The summed E-state index contributed by atoms with van der Waals surface area (Å²) in [5.41, 5.74) is 7.45. The Morgan fingerprint density at radius 1 is 1.36 bits per heavy atom. The molecule has 1 aliphatic rings. The topological polar surface area (TPSA) is 64.8 Å². The lowest BCUT2D eigenvalue weighted by molar-refractivity contribution is -0.144. The molecule has 1 aromatic carbocycles. The normalized spacial score (nSPS) is 16.5. The third kappa shape index (κ3) is 4.26. The highest BCUT2D eigenvalue weighted by Crippen LogP contribution is 2.33. The van der Waals surface area contributed by atoms with Gasteiger partial charge in [0.15, 0.2) is 0 Å². The van der Waals surface area contributed by atoms with Gasteiger partial charge in [-0.1, -0.05) is 23.2 Å². The molecule has 22 heavy (non-hydrogen) atoms. The van der Waals surface area contributed by atoms with E-state index in [1.54, 1.807) is 13.0 Å². The van der Waals surface area contributed by atoms with Crippen LogP contribution in [0.3, 0.4) is 0 Å². The SMILES string of the molecule is CCOC(=O)C(N)Cc1cc(Cl)c(N2CCOCC2)cc1Cl. The highest BCUT2D eigenvalue weighted by molar-refractivity contribution is 6.35. The zero-order valence-corrected chi connectivity index (χ0v) is 14.0. The Balaban J connectivity index is 2.13. The molecule has 122 valence electrons. The number of nitrogens with zero attached hydrogens (tertiary/aromatic N) is 1. The molecule has 0 saturated carbocycles. The lowest BCUT2D eigenvalue weighted by atomic mass is 10.1. The van der Waals surface area contributed by atoms with Crippen molar-refractivity contribution in [2.45, 2.75) is 19.4 Å². The molecule has 1 heterocycles. The van der Waals surface area contributed by atoms with E-state index in [4.69, 9.17) is 38.4 Å². The number of halogens is 2. The van der Waals surface area contributed by atoms with Crippen molar-refractivity contribution in [3.8, 4) is 0 Å². The number of esters is 1. The minimum Gasteiger partial charge on any atom is -0.465 e. The van der Waals surface area contributed by atoms with Crippen molar-refractivity contribution in [3.05, 3.63) is 27.7 Å². The Kier molecular flexibility index (Phi) is 6.32. The zero-order valence-electron chi connectivity index (χ0n) is 12.5. The van der Waals surface area contributed by atoms with Crippen molar-refractivity contribution < 1.29 is 14.3 Å². The predicted molar refractivity (Wildman–Crippen MR) is 87.8 cm³/mol. The molecule has 1 aliphatic heterocycles. The summed E-state index contributed by atoms with van der Waals surface area (Å²) in [6, 6.07) is 2.85. The lowest BCUT2D eigenvalue weighted by Crippen LogP contribution is -2.36. The minimum atomic E-state index is -0.747. The standard InChI is InChI=1S/C15H20Cl2N2O3/c1-2-22-15(20)13(18)8-10-7-12(17)14(9-11(10)16)19-3-5-21-6-4-19/h7,9,13H,2-6,8,18H2,1H3. The van der Waals surface area contributed by atoms with Crippen LogP contribution in [-0.2, 0) is 20.7 Å². The van der Waals surface area contributed by atoms with Gasteiger partial charge in [0.1, 0.15) is 6.04 Å². The monoisotopic (exact) mass is 346 g/mol. The second kappa shape index (κ2) is 8.02. The summed E-state index contributed by atoms with van der Waals surface area (Å²) in [4.78, 5) is 13.7. The molecule has 1 aromatic rings. The summed E-state index contributed by atoms with van der Waals surface area (Å²) in [7, 11) is 0. The number of morpholine rings is 1. The average molecular weight is 347 g/mol. The van der Waals surface area contributed by atoms with Gasteiger partial charge in [-0.05, 0) is 31.0 Å². The van der Waals surface area contributed by atoms with E-state index < -0.39 is 12.0 Å². The quantitative estimate of drug-likeness (QED) is 0.828. The maximum atomic E-state index is 11.6. The second-order valence-electron chi connectivity index (χ2n) is 5.06. The van der Waals surface area contributed by atoms with E-state index in [0.29, 0.717) is 36.3 Å². The molecule has 7 heteroatoms. The first kappa shape index (κ1) is 17.3. The van der Waals surface area contributed by atoms with Gasteiger partial charge in [0.2, 0.25) is 0 Å². The first-order valence-corrected chi connectivity index (χ1v) is 8.01. The number of anilines is 1. The Hall–Kier alpha value is -1.01. The summed E-state index contributed by atoms with van der Waals surface area (Å²) in [6.45, 7) is 4.94. The number of nitrogens with two attached hydrogens (primary N) is 1. The summed E-state index contributed by atoms with van der Waals surface area (Å²) >= 11 is 12.7. The van der Waals surface area contributed by atoms with Crippen molar-refractivity contribution in [1.29, 1.82) is 0 Å². The molecular formula is C15H20Cl2N2O3. The van der Waals surface area contributed by atoms with Crippen LogP contribution in [0, 0.1) is 0 Å². The van der Waals surface area contributed by atoms with E-state index in [-0.39, 0.29) is 0 Å². The van der Waals surface area contributed by atoms with E-state index in [9.17, 15) is 4.79 Å². The van der Waals surface area contributed by atoms with Gasteiger partial charge in [-0.3, -0.25) is 4.79 Å². The van der Waals surface area contributed by atoms with Crippen molar-refractivity contribution in [1.82, 2.24) is 0 Å². The summed E-state index contributed by atoms with van der Waals surface area (Å²) < 4.78 is 10.2. The molecule has 0 aliphatic carbocycles. The number of rotatable bonds is 5. The van der Waals surface area contributed by atoms with Crippen molar-refractivity contribution >= 4 is 34.9 Å². The van der Waals surface area contributed by atoms with Crippen LogP contribution in [0.1, 0.15) is 12.5 Å². The Morgan fingerprint density at radius 2 is 2.05 bits per heavy atom. The highest BCUT2D eigenvalue weighted by atomic mass is 35.5. The molecule has 0 aromatic heterocycles. The molecule has 1 unspecified atom stereocenters. The maximum absolute atomic E-state index is 11.6. The molecule has 0 spiro atoms. The Bertz CT molecular complexity index is 534. The average Bonchev–Trinajstić information content (AvgIpc) is 2.51. The Morgan fingerprint density at radius 3 is 2.68 bits per heavy atom. The highest BCUT2D eigenvalue weighted by Gasteiger charge is 2.20. The fourth-order valence-electron chi connectivity index (χ4n) is 2.35. The number of benzene rings is 1. The summed E-state index contributed by atoms with van der Waals surface area (Å²) in [6.07, 6.45) is 0.292. The van der Waals surface area contributed by atoms with E-state index in [2.05, 4.69) is 4.90 Å². The van der Waals surface area contributed by atoms with Crippen LogP contribution < -0.4 is 10.6 Å². The van der Waals surface area contributed by atoms with Crippen LogP contribution in [0.4, 0.5) is 5.69 Å². The van der Waals surface area contributed by atoms with Crippen molar-refractivity contribution in [2.75, 3.05) is 37.8 Å². The van der Waals surface area contributed by atoms with Crippen LogP contribution in [0.5, 0.6) is 0 Å². The van der Waals surface area contributed by atoms with Crippen LogP contribution in [0.25, 0.3) is 0 Å². The van der Waals surface area contributed by atoms with Gasteiger partial charge >= 0.3 is 5.97 Å². The summed E-state index contributed by atoms with van der Waals surface area (Å²) in [5, 5.41) is 1.14. The van der Waals surface area contributed by atoms with Gasteiger partial charge in [-0.25, -0.2) is 0 Å². The first-order chi connectivity index (χ1) is 10.5. The van der Waals surface area contributed by atoms with Gasteiger partial charge in [0.25, 0.3) is 0 Å². The Labute approximate surface area is 140 Å². The predicted octanol–water partition coefficient (Wildman–Crippen LogP) is 2.26. The van der Waals surface area contributed by atoms with Gasteiger partial charge in [0, 0.05) is 18.1 Å². The number of hydrogen-bond donors (Lipinski definition) is 1. The fraction of sp³-hybridized carbons (Fsp3) is 0.533. The van der Waals surface area contributed by atoms with Crippen LogP contribution >= 0.6 is 23.2 Å². The first-order valence-electron chi connectivity index (χ1n) is 7.25. The number of ether oxygens (including phenoxy) is 2. The summed E-state index contributed by atoms with van der Waals surface area (Å²) in [5.74, 6) is -0.438. The van der Waals surface area contributed by atoms with Crippen LogP contribution in [0.15, 0.2) is 12.1 Å². The maximum Gasteiger partial charge on any atom is 0.323 e. The molecular weight excluding hydrogens is 327 g/mol. The second-order valence-corrected chi connectivity index (χ2v) is 5.87. The third-order valence-electron chi connectivity index (χ3n) is 3.50. The lowest BCUT2D eigenvalue weighted by Gasteiger charge is -2.30. The molecule has 1 saturated heterocycles. The zero-order chi connectivity index (χ0) is 16.1. The van der Waals surface area contributed by atoms with Crippen molar-refractivity contribution in [3.63, 3.8) is 0 Å². The van der Waals surface area contributed by atoms with Gasteiger partial charge in [0.05, 0.1) is 30.5 Å². The van der Waals surface area contributed by atoms with Crippen molar-refractivity contribution in [2.24, 2.45) is 5.73 Å². The van der Waals surface area contributed by atoms with Gasteiger partial charge in [-0.2, -0.15) is 0 Å². The molecule has 0 bridgehead atoms. The molecule has 1 atom stereocenters. The molecule has 2 N–H and O–H groups in total. The molecule has 1 fully saturated rings. The minimum absolute atomic E-state index is 0.292. The van der Waals surface area contributed by atoms with E-state index in [0.717, 1.165) is 24.3 Å². The fourth-order valence-corrected chi connectivity index (χ4v) is 2.89. The van der Waals surface area contributed by atoms with E-state index in [1.807, 2.05) is 6.07 Å². The van der Waals surface area contributed by atoms with E-state index in [1.165, 1.54) is 0 Å². The molecule has 0 amide bonds. The number of carbonyl (C=O) groups excluding carboxylic acids is 1. The van der Waals surface area contributed by atoms with Gasteiger partial charge in [-0.15, -0.1) is 0 Å². The third-order valence-corrected chi connectivity index (χ3v) is 4.15. The number of hydrogen-bond acceptors (Lipinski definition) is 5. The number of carbonyl (C=O) groups is 1. The van der Waals surface area contributed by atoms with Crippen LogP contribution in [-0.4, -0.2) is 44.9 Å². The largest absolute Gasteiger partial charge is 0.465 e. The van der Waals surface area contributed by atoms with Crippen LogP contribution in [0.2, 0.25) is 10.0 Å². The van der Waals surface area contributed by atoms with E-state index >= 15 is 0 Å². The molecule has 5 nitrogen and oxygen atoms in total.